The highest BCUT2D eigenvalue weighted by atomic mass is 16.3. The van der Waals surface area contributed by atoms with Gasteiger partial charge in [0.05, 0.1) is 12.6 Å². The molecule has 0 bridgehead atoms. The zero-order chi connectivity index (χ0) is 9.68. The van der Waals surface area contributed by atoms with E-state index in [0.717, 1.165) is 6.42 Å². The fraction of sp³-hybridized carbons (Fsp3) is 0.900. The maximum atomic E-state index is 11.4. The number of aliphatic hydroxyl groups excluding tert-OH is 1. The molecule has 0 aromatic carbocycles. The van der Waals surface area contributed by atoms with Gasteiger partial charge in [0.1, 0.15) is 0 Å². The summed E-state index contributed by atoms with van der Waals surface area (Å²) in [5, 5.41) is 11.7. The van der Waals surface area contributed by atoms with Crippen LogP contribution in [0.3, 0.4) is 0 Å². The molecule has 0 heterocycles. The van der Waals surface area contributed by atoms with Crippen molar-refractivity contribution in [3.63, 3.8) is 0 Å². The van der Waals surface area contributed by atoms with Crippen LogP contribution in [0.5, 0.6) is 0 Å². The standard InChI is InChI=1S/C10H19NO2/c1-2-9(7-12)11-10(13)6-8-4-3-5-8/h8-9,12H,2-7H2,1H3,(H,11,13)/t9-/m0/s1. The maximum absolute atomic E-state index is 11.4. The van der Waals surface area contributed by atoms with Crippen molar-refractivity contribution in [1.82, 2.24) is 5.32 Å². The summed E-state index contributed by atoms with van der Waals surface area (Å²) in [6.45, 7) is 2.01. The molecule has 0 unspecified atom stereocenters. The second kappa shape index (κ2) is 5.22. The van der Waals surface area contributed by atoms with E-state index >= 15 is 0 Å². The number of amides is 1. The van der Waals surface area contributed by atoms with E-state index in [9.17, 15) is 4.79 Å². The van der Waals surface area contributed by atoms with Crippen LogP contribution in [-0.2, 0) is 4.79 Å². The Kier molecular flexibility index (Phi) is 4.22. The quantitative estimate of drug-likeness (QED) is 0.673. The Bertz CT molecular complexity index is 162. The van der Waals surface area contributed by atoms with Crippen LogP contribution < -0.4 is 5.32 Å². The number of hydrogen-bond donors (Lipinski definition) is 2. The predicted molar refractivity (Wildman–Crippen MR) is 51.3 cm³/mol. The smallest absolute Gasteiger partial charge is 0.220 e. The highest BCUT2D eigenvalue weighted by molar-refractivity contribution is 5.76. The molecule has 0 radical (unpaired) electrons. The lowest BCUT2D eigenvalue weighted by Crippen LogP contribution is -2.38. The highest BCUT2D eigenvalue weighted by Gasteiger charge is 2.21. The first-order chi connectivity index (χ1) is 6.26. The second-order valence-electron chi connectivity index (χ2n) is 3.86. The van der Waals surface area contributed by atoms with Crippen LogP contribution >= 0.6 is 0 Å². The van der Waals surface area contributed by atoms with Gasteiger partial charge < -0.3 is 10.4 Å². The van der Waals surface area contributed by atoms with Crippen LogP contribution in [0, 0.1) is 5.92 Å². The third kappa shape index (κ3) is 3.35. The van der Waals surface area contributed by atoms with Gasteiger partial charge in [-0.1, -0.05) is 13.3 Å². The molecule has 3 heteroatoms. The Hall–Kier alpha value is -0.570. The number of nitrogens with one attached hydrogen (secondary N) is 1. The van der Waals surface area contributed by atoms with E-state index in [1.165, 1.54) is 19.3 Å². The Morgan fingerprint density at radius 1 is 1.62 bits per heavy atom. The minimum atomic E-state index is -0.0485. The summed E-state index contributed by atoms with van der Waals surface area (Å²) < 4.78 is 0. The molecule has 3 nitrogen and oxygen atoms in total. The molecule has 1 rings (SSSR count). The van der Waals surface area contributed by atoms with Gasteiger partial charge in [0, 0.05) is 6.42 Å². The summed E-state index contributed by atoms with van der Waals surface area (Å²) in [7, 11) is 0. The zero-order valence-electron chi connectivity index (χ0n) is 8.25. The van der Waals surface area contributed by atoms with Gasteiger partial charge in [0.15, 0.2) is 0 Å². The number of rotatable bonds is 5. The van der Waals surface area contributed by atoms with Crippen molar-refractivity contribution in [2.75, 3.05) is 6.61 Å². The summed E-state index contributed by atoms with van der Waals surface area (Å²) in [5.74, 6) is 0.710. The van der Waals surface area contributed by atoms with Crippen molar-refractivity contribution in [3.05, 3.63) is 0 Å². The van der Waals surface area contributed by atoms with E-state index in [4.69, 9.17) is 5.11 Å². The molecule has 1 saturated carbocycles. The molecule has 2 N–H and O–H groups in total. The average Bonchev–Trinajstić information content (AvgIpc) is 2.07. The summed E-state index contributed by atoms with van der Waals surface area (Å²) >= 11 is 0. The lowest BCUT2D eigenvalue weighted by Gasteiger charge is -2.25. The molecule has 1 amide bonds. The van der Waals surface area contributed by atoms with E-state index < -0.39 is 0 Å². The van der Waals surface area contributed by atoms with Crippen LogP contribution in [0.4, 0.5) is 0 Å². The number of carbonyl (C=O) groups excluding carboxylic acids is 1. The third-order valence-electron chi connectivity index (χ3n) is 2.78. The maximum Gasteiger partial charge on any atom is 0.220 e. The average molecular weight is 185 g/mol. The van der Waals surface area contributed by atoms with Gasteiger partial charge in [-0.05, 0) is 25.2 Å². The molecule has 1 atom stereocenters. The molecule has 0 aliphatic heterocycles. The van der Waals surface area contributed by atoms with E-state index in [1.54, 1.807) is 0 Å². The molecule has 76 valence electrons. The van der Waals surface area contributed by atoms with Gasteiger partial charge in [-0.2, -0.15) is 0 Å². The molecule has 0 aromatic heterocycles. The van der Waals surface area contributed by atoms with Crippen molar-refractivity contribution in [2.24, 2.45) is 5.92 Å². The van der Waals surface area contributed by atoms with Crippen molar-refractivity contribution >= 4 is 5.91 Å². The zero-order valence-corrected chi connectivity index (χ0v) is 8.25. The van der Waals surface area contributed by atoms with Crippen LogP contribution in [-0.4, -0.2) is 23.7 Å². The topological polar surface area (TPSA) is 49.3 Å². The summed E-state index contributed by atoms with van der Waals surface area (Å²) in [4.78, 5) is 11.4. The molecule has 1 fully saturated rings. The second-order valence-corrected chi connectivity index (χ2v) is 3.86. The van der Waals surface area contributed by atoms with E-state index in [-0.39, 0.29) is 18.6 Å². The Balaban J connectivity index is 2.14. The summed E-state index contributed by atoms with van der Waals surface area (Å²) in [6.07, 6.45) is 5.12. The summed E-state index contributed by atoms with van der Waals surface area (Å²) in [5.41, 5.74) is 0. The molecular formula is C10H19NO2. The summed E-state index contributed by atoms with van der Waals surface area (Å²) in [6, 6.07) is -0.0485. The fourth-order valence-electron chi connectivity index (χ4n) is 1.52. The van der Waals surface area contributed by atoms with Gasteiger partial charge in [-0.3, -0.25) is 4.79 Å². The molecule has 1 aliphatic carbocycles. The molecule has 13 heavy (non-hydrogen) atoms. The Labute approximate surface area is 79.5 Å². The van der Waals surface area contributed by atoms with Crippen molar-refractivity contribution in [1.29, 1.82) is 0 Å². The molecule has 0 aromatic rings. The minimum absolute atomic E-state index is 0.0485. The minimum Gasteiger partial charge on any atom is -0.394 e. The molecule has 0 saturated heterocycles. The van der Waals surface area contributed by atoms with E-state index in [2.05, 4.69) is 5.32 Å². The monoisotopic (exact) mass is 185 g/mol. The molecular weight excluding hydrogens is 166 g/mol. The van der Waals surface area contributed by atoms with Crippen LogP contribution in [0.15, 0.2) is 0 Å². The third-order valence-corrected chi connectivity index (χ3v) is 2.78. The van der Waals surface area contributed by atoms with Crippen molar-refractivity contribution in [2.45, 2.75) is 45.1 Å². The van der Waals surface area contributed by atoms with Crippen LogP contribution in [0.2, 0.25) is 0 Å². The van der Waals surface area contributed by atoms with E-state index in [0.29, 0.717) is 12.3 Å². The first kappa shape index (κ1) is 10.5. The van der Waals surface area contributed by atoms with E-state index in [1.807, 2.05) is 6.92 Å². The Morgan fingerprint density at radius 3 is 2.69 bits per heavy atom. The van der Waals surface area contributed by atoms with Crippen molar-refractivity contribution < 1.29 is 9.90 Å². The van der Waals surface area contributed by atoms with Gasteiger partial charge in [0.2, 0.25) is 5.91 Å². The lowest BCUT2D eigenvalue weighted by atomic mass is 9.83. The van der Waals surface area contributed by atoms with Gasteiger partial charge in [-0.15, -0.1) is 0 Å². The van der Waals surface area contributed by atoms with Gasteiger partial charge in [-0.25, -0.2) is 0 Å². The van der Waals surface area contributed by atoms with Crippen LogP contribution in [0.1, 0.15) is 39.0 Å². The largest absolute Gasteiger partial charge is 0.394 e. The highest BCUT2D eigenvalue weighted by Crippen LogP contribution is 2.29. The normalized spacial score (nSPS) is 19.2. The van der Waals surface area contributed by atoms with Gasteiger partial charge in [0.25, 0.3) is 0 Å². The van der Waals surface area contributed by atoms with Crippen molar-refractivity contribution in [3.8, 4) is 0 Å². The van der Waals surface area contributed by atoms with Crippen LogP contribution in [0.25, 0.3) is 0 Å². The van der Waals surface area contributed by atoms with Gasteiger partial charge >= 0.3 is 0 Å². The molecule has 0 spiro atoms. The predicted octanol–water partition coefficient (Wildman–Crippen LogP) is 1.06. The molecule has 1 aliphatic rings. The Morgan fingerprint density at radius 2 is 2.31 bits per heavy atom. The fourth-order valence-corrected chi connectivity index (χ4v) is 1.52. The lowest BCUT2D eigenvalue weighted by molar-refractivity contribution is -0.123. The number of hydrogen-bond acceptors (Lipinski definition) is 2. The first-order valence-electron chi connectivity index (χ1n) is 5.16. The SMILES string of the molecule is CC[C@@H](CO)NC(=O)CC1CCC1. The number of aliphatic hydroxyl groups is 1. The first-order valence-corrected chi connectivity index (χ1v) is 5.16. The number of carbonyl (C=O) groups is 1.